The highest BCUT2D eigenvalue weighted by Crippen LogP contribution is 2.30. The second-order valence-electron chi connectivity index (χ2n) is 3.22. The highest BCUT2D eigenvalue weighted by Gasteiger charge is 2.35. The predicted octanol–water partition coefficient (Wildman–Crippen LogP) is 2.74. The summed E-state index contributed by atoms with van der Waals surface area (Å²) in [6.07, 6.45) is -4.77. The molecule has 0 saturated carbocycles. The van der Waals surface area contributed by atoms with Crippen molar-refractivity contribution >= 4 is 23.4 Å². The average Bonchev–Trinajstić information content (AvgIpc) is 2.21. The average molecular weight is 306 g/mol. The van der Waals surface area contributed by atoms with Crippen LogP contribution in [0.4, 0.5) is 38.0 Å². The molecule has 1 aromatic heterocycles. The Balaban J connectivity index is 2.62. The van der Waals surface area contributed by atoms with E-state index in [1.54, 1.807) is 0 Å². The number of hydrogen-bond acceptors (Lipinski definition) is 5. The summed E-state index contributed by atoms with van der Waals surface area (Å²) in [5.74, 6) is -2.51. The number of nitrogen functional groups attached to an aromatic ring is 1. The molecule has 0 unspecified atom stereocenters. The van der Waals surface area contributed by atoms with E-state index in [4.69, 9.17) is 5.73 Å². The van der Waals surface area contributed by atoms with Crippen molar-refractivity contribution in [3.05, 3.63) is 11.9 Å². The van der Waals surface area contributed by atoms with E-state index in [-0.39, 0.29) is 29.9 Å². The molecule has 0 aliphatic rings. The fourth-order valence-electron chi connectivity index (χ4n) is 1.03. The van der Waals surface area contributed by atoms with Gasteiger partial charge < -0.3 is 11.1 Å². The van der Waals surface area contributed by atoms with Crippen molar-refractivity contribution in [2.24, 2.45) is 0 Å². The fraction of sp³-hybridized carbons (Fsp3) is 0.500. The number of nitrogens with two attached hydrogens (primary N) is 1. The molecule has 1 rings (SSSR count). The van der Waals surface area contributed by atoms with Crippen LogP contribution in [0.15, 0.2) is 6.07 Å². The van der Waals surface area contributed by atoms with Crippen LogP contribution in [0.2, 0.25) is 0 Å². The second kappa shape index (κ2) is 5.72. The molecule has 0 radical (unpaired) electrons. The first kappa shape index (κ1) is 15.7. The van der Waals surface area contributed by atoms with Crippen molar-refractivity contribution < 1.29 is 26.3 Å². The predicted molar refractivity (Wildman–Crippen MR) is 58.4 cm³/mol. The molecule has 0 aromatic carbocycles. The third-order valence-corrected chi connectivity index (χ3v) is 2.41. The van der Waals surface area contributed by atoms with E-state index in [1.807, 2.05) is 0 Å². The van der Waals surface area contributed by atoms with Gasteiger partial charge in [0.15, 0.2) is 0 Å². The van der Waals surface area contributed by atoms with Gasteiger partial charge in [-0.3, -0.25) is 0 Å². The molecule has 1 aromatic rings. The van der Waals surface area contributed by atoms with E-state index < -0.39 is 23.3 Å². The molecule has 4 nitrogen and oxygen atoms in total. The first-order valence-corrected chi connectivity index (χ1v) is 5.73. The molecule has 0 spiro atoms. The van der Waals surface area contributed by atoms with Crippen LogP contribution in [-0.2, 0) is 6.18 Å². The van der Waals surface area contributed by atoms with E-state index >= 15 is 0 Å². The molecule has 11 heteroatoms. The van der Waals surface area contributed by atoms with E-state index in [1.165, 1.54) is 0 Å². The number of nitrogens with zero attached hydrogens (tertiary/aromatic N) is 2. The summed E-state index contributed by atoms with van der Waals surface area (Å²) in [6, 6.07) is 1.01. The summed E-state index contributed by atoms with van der Waals surface area (Å²) in [7, 11) is 0. The SMILES string of the molecule is Nc1cc(NCCSC(F)(F)F)nc(C(F)(F)F)n1. The highest BCUT2D eigenvalue weighted by molar-refractivity contribution is 8.00. The second-order valence-corrected chi connectivity index (χ2v) is 4.38. The largest absolute Gasteiger partial charge is 0.451 e. The van der Waals surface area contributed by atoms with Crippen LogP contribution < -0.4 is 11.1 Å². The minimum absolute atomic E-state index is 0.210. The van der Waals surface area contributed by atoms with Gasteiger partial charge in [-0.15, -0.1) is 0 Å². The minimum atomic E-state index is -4.77. The highest BCUT2D eigenvalue weighted by atomic mass is 32.2. The normalized spacial score (nSPS) is 12.5. The van der Waals surface area contributed by atoms with Gasteiger partial charge >= 0.3 is 11.7 Å². The number of anilines is 2. The lowest BCUT2D eigenvalue weighted by Crippen LogP contribution is -2.16. The van der Waals surface area contributed by atoms with Crippen molar-refractivity contribution in [3.63, 3.8) is 0 Å². The topological polar surface area (TPSA) is 63.8 Å². The standard InChI is InChI=1S/C8H8F6N4S/c9-7(10,11)6-17-4(15)3-5(18-6)16-1-2-19-8(12,13)14/h3H,1-2H2,(H3,15,16,17,18). The lowest BCUT2D eigenvalue weighted by atomic mass is 10.4. The van der Waals surface area contributed by atoms with Crippen molar-refractivity contribution in [3.8, 4) is 0 Å². The molecule has 1 heterocycles. The maximum atomic E-state index is 12.3. The van der Waals surface area contributed by atoms with Gasteiger partial charge in [0.25, 0.3) is 0 Å². The fourth-order valence-corrected chi connectivity index (χ4v) is 1.46. The molecule has 0 fully saturated rings. The summed E-state index contributed by atoms with van der Waals surface area (Å²) >= 11 is -0.293. The van der Waals surface area contributed by atoms with Gasteiger partial charge in [-0.1, -0.05) is 0 Å². The van der Waals surface area contributed by atoms with Crippen LogP contribution in [0, 0.1) is 0 Å². The zero-order valence-electron chi connectivity index (χ0n) is 9.14. The Labute approximate surface area is 107 Å². The van der Waals surface area contributed by atoms with E-state index in [0.29, 0.717) is 0 Å². The Bertz CT molecular complexity index is 432. The summed E-state index contributed by atoms with van der Waals surface area (Å²) in [4.78, 5) is 6.11. The van der Waals surface area contributed by atoms with E-state index in [0.717, 1.165) is 6.07 Å². The van der Waals surface area contributed by atoms with Gasteiger partial charge in [0, 0.05) is 18.4 Å². The summed E-state index contributed by atoms with van der Waals surface area (Å²) in [5, 5.41) is 2.32. The third-order valence-electron chi connectivity index (χ3n) is 1.67. The molecule has 108 valence electrons. The molecule has 19 heavy (non-hydrogen) atoms. The number of nitrogens with one attached hydrogen (secondary N) is 1. The van der Waals surface area contributed by atoms with Crippen LogP contribution in [0.3, 0.4) is 0 Å². The van der Waals surface area contributed by atoms with Crippen molar-refractivity contribution in [1.82, 2.24) is 9.97 Å². The first-order chi connectivity index (χ1) is 8.58. The number of hydrogen-bond donors (Lipinski definition) is 2. The van der Waals surface area contributed by atoms with Crippen LogP contribution >= 0.6 is 11.8 Å². The number of thioether (sulfide) groups is 1. The van der Waals surface area contributed by atoms with Crippen molar-refractivity contribution in [2.45, 2.75) is 11.7 Å². The monoisotopic (exact) mass is 306 g/mol. The van der Waals surface area contributed by atoms with Crippen LogP contribution in [-0.4, -0.2) is 27.8 Å². The summed E-state index contributed by atoms with van der Waals surface area (Å²) in [5.41, 5.74) is 0.768. The number of halogens is 6. The van der Waals surface area contributed by atoms with Gasteiger partial charge in [-0.05, 0) is 11.8 Å². The third kappa shape index (κ3) is 5.85. The Kier molecular flexibility index (Phi) is 4.71. The molecule has 0 amide bonds. The van der Waals surface area contributed by atoms with E-state index in [9.17, 15) is 26.3 Å². The van der Waals surface area contributed by atoms with Crippen LogP contribution in [0.25, 0.3) is 0 Å². The molecule has 3 N–H and O–H groups in total. The summed E-state index contributed by atoms with van der Waals surface area (Å²) < 4.78 is 72.4. The zero-order valence-corrected chi connectivity index (χ0v) is 9.96. The van der Waals surface area contributed by atoms with Gasteiger partial charge in [0.2, 0.25) is 5.82 Å². The van der Waals surface area contributed by atoms with Gasteiger partial charge in [0.1, 0.15) is 11.6 Å². The molecule has 0 aliphatic carbocycles. The van der Waals surface area contributed by atoms with E-state index in [2.05, 4.69) is 15.3 Å². The zero-order chi connectivity index (χ0) is 14.7. The Morgan fingerprint density at radius 2 is 1.79 bits per heavy atom. The first-order valence-electron chi connectivity index (χ1n) is 4.74. The van der Waals surface area contributed by atoms with Crippen LogP contribution in [0.1, 0.15) is 5.82 Å². The van der Waals surface area contributed by atoms with Crippen LogP contribution in [0.5, 0.6) is 0 Å². The lowest BCUT2D eigenvalue weighted by molar-refractivity contribution is -0.144. The number of rotatable bonds is 4. The number of alkyl halides is 6. The quantitative estimate of drug-likeness (QED) is 0.661. The minimum Gasteiger partial charge on any atom is -0.384 e. The molecule has 0 aliphatic heterocycles. The molecule has 0 saturated heterocycles. The molecular formula is C8H8F6N4S. The summed E-state index contributed by atoms with van der Waals surface area (Å²) in [6.45, 7) is -0.210. The molecule has 0 bridgehead atoms. The van der Waals surface area contributed by atoms with Gasteiger partial charge in [-0.2, -0.15) is 26.3 Å². The van der Waals surface area contributed by atoms with Gasteiger partial charge in [0.05, 0.1) is 0 Å². The molecule has 0 atom stereocenters. The smallest absolute Gasteiger partial charge is 0.384 e. The van der Waals surface area contributed by atoms with Crippen molar-refractivity contribution in [2.75, 3.05) is 23.3 Å². The maximum Gasteiger partial charge on any atom is 0.451 e. The lowest BCUT2D eigenvalue weighted by Gasteiger charge is -2.10. The Morgan fingerprint density at radius 1 is 1.16 bits per heavy atom. The van der Waals surface area contributed by atoms with Crippen molar-refractivity contribution in [1.29, 1.82) is 0 Å². The van der Waals surface area contributed by atoms with Gasteiger partial charge in [-0.25, -0.2) is 9.97 Å². The Hall–Kier alpha value is -1.39. The Morgan fingerprint density at radius 3 is 2.32 bits per heavy atom. The molecular weight excluding hydrogens is 298 g/mol. The number of aromatic nitrogens is 2. The maximum absolute atomic E-state index is 12.3.